The van der Waals surface area contributed by atoms with Crippen LogP contribution in [0, 0.1) is 6.92 Å². The summed E-state index contributed by atoms with van der Waals surface area (Å²) in [5.41, 5.74) is 4.93. The maximum Gasteiger partial charge on any atom is 0.244 e. The SMILES string of the molecule is COc1ccc(OC)c(-c2coc3c(C)c(OC)c(/C(C)=C/C(=O)NCCN4CCOCC4)cc23)c1. The molecule has 3 aromatic rings. The first-order valence-corrected chi connectivity index (χ1v) is 12.0. The standard InChI is InChI=1S/C28H34N2O6/c1-18(14-26(31)29-8-9-30-10-12-35-13-11-30)21-16-23-24(17-36-28(23)19(2)27(21)34-5)22-15-20(32-3)6-7-25(22)33-4/h6-7,14-17H,8-13H2,1-5H3,(H,29,31)/b18-14+. The second-order valence-corrected chi connectivity index (χ2v) is 8.75. The number of ether oxygens (including phenoxy) is 4. The van der Waals surface area contributed by atoms with E-state index >= 15 is 0 Å². The van der Waals surface area contributed by atoms with Crippen LogP contribution in [0.15, 0.2) is 41.0 Å². The molecule has 0 radical (unpaired) electrons. The van der Waals surface area contributed by atoms with Crippen molar-refractivity contribution in [3.05, 3.63) is 47.7 Å². The Bertz CT molecular complexity index is 1260. The fourth-order valence-corrected chi connectivity index (χ4v) is 4.59. The lowest BCUT2D eigenvalue weighted by atomic mass is 9.96. The van der Waals surface area contributed by atoms with E-state index in [0.29, 0.717) is 18.0 Å². The maximum absolute atomic E-state index is 12.7. The average Bonchev–Trinajstić information content (AvgIpc) is 3.33. The molecule has 2 heterocycles. The Morgan fingerprint density at radius 3 is 2.56 bits per heavy atom. The summed E-state index contributed by atoms with van der Waals surface area (Å²) in [6.07, 6.45) is 3.34. The first-order valence-electron chi connectivity index (χ1n) is 12.0. The minimum atomic E-state index is -0.137. The number of benzene rings is 2. The summed E-state index contributed by atoms with van der Waals surface area (Å²) in [7, 11) is 4.90. The number of morpholine rings is 1. The zero-order valence-electron chi connectivity index (χ0n) is 21.6. The van der Waals surface area contributed by atoms with Crippen molar-refractivity contribution in [2.45, 2.75) is 13.8 Å². The number of hydrogen-bond acceptors (Lipinski definition) is 7. The summed E-state index contributed by atoms with van der Waals surface area (Å²) in [6.45, 7) is 8.53. The van der Waals surface area contributed by atoms with Crippen LogP contribution < -0.4 is 19.5 Å². The smallest absolute Gasteiger partial charge is 0.244 e. The molecule has 2 aromatic carbocycles. The zero-order chi connectivity index (χ0) is 25.7. The normalized spacial score (nSPS) is 14.6. The second kappa shape index (κ2) is 11.5. The van der Waals surface area contributed by atoms with Gasteiger partial charge in [-0.25, -0.2) is 0 Å². The minimum Gasteiger partial charge on any atom is -0.497 e. The van der Waals surface area contributed by atoms with Gasteiger partial charge in [-0.2, -0.15) is 0 Å². The first kappa shape index (κ1) is 25.6. The highest BCUT2D eigenvalue weighted by Crippen LogP contribution is 2.43. The summed E-state index contributed by atoms with van der Waals surface area (Å²) in [6, 6.07) is 7.66. The number of fused-ring (bicyclic) bond motifs is 1. The van der Waals surface area contributed by atoms with Gasteiger partial charge in [-0.05, 0) is 43.7 Å². The van der Waals surface area contributed by atoms with Crippen LogP contribution in [0.25, 0.3) is 27.7 Å². The number of amides is 1. The molecule has 1 amide bonds. The third kappa shape index (κ3) is 5.34. The molecule has 0 aliphatic carbocycles. The Balaban J connectivity index is 1.65. The summed E-state index contributed by atoms with van der Waals surface area (Å²) >= 11 is 0. The van der Waals surface area contributed by atoms with E-state index in [4.69, 9.17) is 23.4 Å². The third-order valence-electron chi connectivity index (χ3n) is 6.55. The maximum atomic E-state index is 12.7. The average molecular weight is 495 g/mol. The van der Waals surface area contributed by atoms with E-state index in [1.54, 1.807) is 33.7 Å². The number of rotatable bonds is 9. The third-order valence-corrected chi connectivity index (χ3v) is 6.55. The van der Waals surface area contributed by atoms with Gasteiger partial charge in [-0.15, -0.1) is 0 Å². The van der Waals surface area contributed by atoms with Gasteiger partial charge in [-0.1, -0.05) is 0 Å². The Labute approximate surface area is 211 Å². The van der Waals surface area contributed by atoms with E-state index in [1.165, 1.54) is 0 Å². The second-order valence-electron chi connectivity index (χ2n) is 8.75. The van der Waals surface area contributed by atoms with Crippen LogP contribution in [-0.4, -0.2) is 71.5 Å². The summed E-state index contributed by atoms with van der Waals surface area (Å²) in [5, 5.41) is 3.89. The molecule has 1 fully saturated rings. The van der Waals surface area contributed by atoms with Gasteiger partial charge in [0.2, 0.25) is 5.91 Å². The van der Waals surface area contributed by atoms with Gasteiger partial charge in [0.25, 0.3) is 0 Å². The van der Waals surface area contributed by atoms with E-state index in [9.17, 15) is 4.79 Å². The molecule has 4 rings (SSSR count). The van der Waals surface area contributed by atoms with Crippen molar-refractivity contribution in [2.75, 3.05) is 60.7 Å². The summed E-state index contributed by atoms with van der Waals surface area (Å²) in [4.78, 5) is 15.0. The zero-order valence-corrected chi connectivity index (χ0v) is 21.6. The summed E-state index contributed by atoms with van der Waals surface area (Å²) < 4.78 is 28.2. The predicted molar refractivity (Wildman–Crippen MR) is 140 cm³/mol. The van der Waals surface area contributed by atoms with Crippen molar-refractivity contribution in [3.8, 4) is 28.4 Å². The van der Waals surface area contributed by atoms with Gasteiger partial charge >= 0.3 is 0 Å². The highest BCUT2D eigenvalue weighted by atomic mass is 16.5. The van der Waals surface area contributed by atoms with Crippen molar-refractivity contribution in [3.63, 3.8) is 0 Å². The molecule has 1 aliphatic heterocycles. The molecule has 0 saturated carbocycles. The van der Waals surface area contributed by atoms with Crippen LogP contribution in [0.1, 0.15) is 18.1 Å². The van der Waals surface area contributed by atoms with Crippen LogP contribution in [0.4, 0.5) is 0 Å². The van der Waals surface area contributed by atoms with Crippen molar-refractivity contribution < 1.29 is 28.2 Å². The Morgan fingerprint density at radius 2 is 1.86 bits per heavy atom. The lowest BCUT2D eigenvalue weighted by Crippen LogP contribution is -2.41. The number of allylic oxidation sites excluding steroid dienone is 1. The number of furan rings is 1. The van der Waals surface area contributed by atoms with E-state index in [1.807, 2.05) is 38.1 Å². The van der Waals surface area contributed by atoms with Gasteiger partial charge < -0.3 is 28.7 Å². The van der Waals surface area contributed by atoms with Gasteiger partial charge in [0.15, 0.2) is 0 Å². The highest BCUT2D eigenvalue weighted by molar-refractivity contribution is 6.02. The van der Waals surface area contributed by atoms with Crippen molar-refractivity contribution in [1.82, 2.24) is 10.2 Å². The molecule has 0 spiro atoms. The molecular formula is C28H34N2O6. The fourth-order valence-electron chi connectivity index (χ4n) is 4.59. The molecule has 0 unspecified atom stereocenters. The Kier molecular flexibility index (Phi) is 8.18. The largest absolute Gasteiger partial charge is 0.497 e. The van der Waals surface area contributed by atoms with E-state index < -0.39 is 0 Å². The van der Waals surface area contributed by atoms with Crippen LogP contribution in [-0.2, 0) is 9.53 Å². The van der Waals surface area contributed by atoms with Crippen LogP contribution >= 0.6 is 0 Å². The molecule has 1 aromatic heterocycles. The minimum absolute atomic E-state index is 0.137. The molecule has 8 nitrogen and oxygen atoms in total. The number of aryl methyl sites for hydroxylation is 1. The van der Waals surface area contributed by atoms with E-state index in [-0.39, 0.29) is 5.91 Å². The number of carbonyl (C=O) groups is 1. The van der Waals surface area contributed by atoms with Crippen molar-refractivity contribution >= 4 is 22.4 Å². The van der Waals surface area contributed by atoms with Gasteiger partial charge in [0.1, 0.15) is 22.8 Å². The van der Waals surface area contributed by atoms with Crippen LogP contribution in [0.3, 0.4) is 0 Å². The predicted octanol–water partition coefficient (Wildman–Crippen LogP) is 4.29. The Morgan fingerprint density at radius 1 is 1.08 bits per heavy atom. The molecule has 0 bridgehead atoms. The monoisotopic (exact) mass is 494 g/mol. The lowest BCUT2D eigenvalue weighted by Gasteiger charge is -2.26. The molecule has 0 atom stereocenters. The number of hydrogen-bond donors (Lipinski definition) is 1. The van der Waals surface area contributed by atoms with Crippen LogP contribution in [0.5, 0.6) is 17.2 Å². The molecule has 192 valence electrons. The van der Waals surface area contributed by atoms with Gasteiger partial charge in [-0.3, -0.25) is 9.69 Å². The number of nitrogens with one attached hydrogen (secondary N) is 1. The van der Waals surface area contributed by atoms with Crippen molar-refractivity contribution in [1.29, 1.82) is 0 Å². The molecule has 1 N–H and O–H groups in total. The number of carbonyl (C=O) groups excluding carboxylic acids is 1. The van der Waals surface area contributed by atoms with E-state index in [0.717, 1.165) is 77.4 Å². The number of nitrogens with zero attached hydrogens (tertiary/aromatic N) is 1. The fraction of sp³-hybridized carbons (Fsp3) is 0.393. The molecular weight excluding hydrogens is 460 g/mol. The lowest BCUT2D eigenvalue weighted by molar-refractivity contribution is -0.116. The first-order chi connectivity index (χ1) is 17.5. The van der Waals surface area contributed by atoms with Gasteiger partial charge in [0, 0.05) is 59.9 Å². The highest BCUT2D eigenvalue weighted by Gasteiger charge is 2.21. The van der Waals surface area contributed by atoms with Gasteiger partial charge in [0.05, 0.1) is 40.8 Å². The topological polar surface area (TPSA) is 82.4 Å². The van der Waals surface area contributed by atoms with E-state index in [2.05, 4.69) is 10.2 Å². The van der Waals surface area contributed by atoms with Crippen molar-refractivity contribution in [2.24, 2.45) is 0 Å². The Hall–Kier alpha value is -3.49. The molecule has 36 heavy (non-hydrogen) atoms. The molecule has 8 heteroatoms. The molecule has 1 aliphatic rings. The van der Waals surface area contributed by atoms with Crippen LogP contribution in [0.2, 0.25) is 0 Å². The number of methoxy groups -OCH3 is 3. The summed E-state index contributed by atoms with van der Waals surface area (Å²) in [5.74, 6) is 1.97. The molecule has 1 saturated heterocycles. The quantitative estimate of drug-likeness (QED) is 0.445.